The molecule has 3 nitrogen and oxygen atoms in total. The van der Waals surface area contributed by atoms with Crippen LogP contribution in [0.1, 0.15) is 29.2 Å². The van der Waals surface area contributed by atoms with Gasteiger partial charge in [-0.2, -0.15) is 0 Å². The van der Waals surface area contributed by atoms with Crippen molar-refractivity contribution in [2.24, 2.45) is 0 Å². The molecular weight excluding hydrogens is 272 g/mol. The van der Waals surface area contributed by atoms with Gasteiger partial charge < -0.3 is 11.1 Å². The van der Waals surface area contributed by atoms with Crippen LogP contribution in [-0.2, 0) is 17.6 Å². The fourth-order valence-corrected chi connectivity index (χ4v) is 2.60. The Bertz CT molecular complexity index is 647. The van der Waals surface area contributed by atoms with E-state index in [1.54, 1.807) is 0 Å². The zero-order chi connectivity index (χ0) is 16.1. The van der Waals surface area contributed by atoms with Crippen molar-refractivity contribution >= 4 is 11.6 Å². The Balaban J connectivity index is 1.89. The van der Waals surface area contributed by atoms with Crippen LogP contribution in [0.3, 0.4) is 0 Å². The van der Waals surface area contributed by atoms with Crippen molar-refractivity contribution in [3.8, 4) is 0 Å². The highest BCUT2D eigenvalue weighted by atomic mass is 16.1. The van der Waals surface area contributed by atoms with Gasteiger partial charge in [-0.25, -0.2) is 0 Å². The summed E-state index contributed by atoms with van der Waals surface area (Å²) in [5.74, 6) is 0.0436. The van der Waals surface area contributed by atoms with Crippen LogP contribution in [0.4, 0.5) is 5.69 Å². The first-order valence-corrected chi connectivity index (χ1v) is 7.64. The van der Waals surface area contributed by atoms with Crippen LogP contribution in [0.2, 0.25) is 0 Å². The highest BCUT2D eigenvalue weighted by Gasteiger charge is 2.10. The Morgan fingerprint density at radius 3 is 2.45 bits per heavy atom. The van der Waals surface area contributed by atoms with Gasteiger partial charge in [0.15, 0.2) is 0 Å². The van der Waals surface area contributed by atoms with E-state index in [1.165, 1.54) is 16.7 Å². The zero-order valence-electron chi connectivity index (χ0n) is 13.5. The standard InChI is InChI=1S/C19H24N2O/c1-13-4-7-17(14(2)10-13)11-15(3)21-19(22)12-16-5-8-18(20)9-6-16/h4-10,15H,11-12,20H2,1-3H3,(H,21,22). The molecule has 0 aliphatic rings. The monoisotopic (exact) mass is 296 g/mol. The summed E-state index contributed by atoms with van der Waals surface area (Å²) in [6, 6.07) is 14.0. The summed E-state index contributed by atoms with van der Waals surface area (Å²) >= 11 is 0. The van der Waals surface area contributed by atoms with Gasteiger partial charge in [0.1, 0.15) is 0 Å². The van der Waals surface area contributed by atoms with Crippen molar-refractivity contribution in [2.75, 3.05) is 5.73 Å². The number of nitrogens with two attached hydrogens (primary N) is 1. The van der Waals surface area contributed by atoms with Crippen molar-refractivity contribution in [1.29, 1.82) is 0 Å². The van der Waals surface area contributed by atoms with Gasteiger partial charge in [-0.3, -0.25) is 4.79 Å². The van der Waals surface area contributed by atoms with Gasteiger partial charge in [0.05, 0.1) is 6.42 Å². The minimum atomic E-state index is 0.0436. The van der Waals surface area contributed by atoms with Crippen LogP contribution < -0.4 is 11.1 Å². The summed E-state index contributed by atoms with van der Waals surface area (Å²) in [5.41, 5.74) is 11.2. The summed E-state index contributed by atoms with van der Waals surface area (Å²) < 4.78 is 0. The lowest BCUT2D eigenvalue weighted by Gasteiger charge is -2.16. The number of hydrogen-bond donors (Lipinski definition) is 2. The molecule has 22 heavy (non-hydrogen) atoms. The van der Waals surface area contributed by atoms with E-state index in [9.17, 15) is 4.79 Å². The van der Waals surface area contributed by atoms with E-state index in [1.807, 2.05) is 31.2 Å². The quantitative estimate of drug-likeness (QED) is 0.833. The van der Waals surface area contributed by atoms with E-state index in [2.05, 4.69) is 37.4 Å². The average molecular weight is 296 g/mol. The Labute approximate surface area is 132 Å². The van der Waals surface area contributed by atoms with E-state index in [0.717, 1.165) is 12.0 Å². The summed E-state index contributed by atoms with van der Waals surface area (Å²) in [7, 11) is 0. The van der Waals surface area contributed by atoms with Crippen molar-refractivity contribution in [3.63, 3.8) is 0 Å². The molecule has 116 valence electrons. The van der Waals surface area contributed by atoms with Gasteiger partial charge >= 0.3 is 0 Å². The molecule has 2 aromatic rings. The van der Waals surface area contributed by atoms with Crippen LogP contribution in [0.25, 0.3) is 0 Å². The van der Waals surface area contributed by atoms with Gasteiger partial charge in [0, 0.05) is 11.7 Å². The number of rotatable bonds is 5. The van der Waals surface area contributed by atoms with Gasteiger partial charge in [0.2, 0.25) is 5.91 Å². The first-order chi connectivity index (χ1) is 10.4. The highest BCUT2D eigenvalue weighted by molar-refractivity contribution is 5.79. The van der Waals surface area contributed by atoms with Crippen molar-refractivity contribution in [1.82, 2.24) is 5.32 Å². The molecule has 3 N–H and O–H groups in total. The van der Waals surface area contributed by atoms with Crippen molar-refractivity contribution < 1.29 is 4.79 Å². The molecule has 1 unspecified atom stereocenters. The van der Waals surface area contributed by atoms with Crippen LogP contribution in [-0.4, -0.2) is 11.9 Å². The number of nitrogen functional groups attached to an aromatic ring is 1. The molecule has 0 bridgehead atoms. The number of carbonyl (C=O) groups is 1. The first kappa shape index (κ1) is 16.1. The number of amides is 1. The molecule has 0 aliphatic carbocycles. The molecule has 0 aliphatic heterocycles. The van der Waals surface area contributed by atoms with Crippen LogP contribution >= 0.6 is 0 Å². The minimum absolute atomic E-state index is 0.0436. The normalized spacial score (nSPS) is 12.0. The largest absolute Gasteiger partial charge is 0.399 e. The summed E-state index contributed by atoms with van der Waals surface area (Å²) in [5, 5.41) is 3.06. The molecule has 1 atom stereocenters. The maximum absolute atomic E-state index is 12.1. The summed E-state index contributed by atoms with van der Waals surface area (Å²) in [4.78, 5) is 12.1. The number of anilines is 1. The maximum atomic E-state index is 12.1. The maximum Gasteiger partial charge on any atom is 0.224 e. The van der Waals surface area contributed by atoms with E-state index in [0.29, 0.717) is 12.1 Å². The van der Waals surface area contributed by atoms with Crippen LogP contribution in [0.5, 0.6) is 0 Å². The molecule has 0 heterocycles. The Morgan fingerprint density at radius 2 is 1.82 bits per heavy atom. The van der Waals surface area contributed by atoms with E-state index in [4.69, 9.17) is 5.73 Å². The second-order valence-electron chi connectivity index (χ2n) is 6.02. The molecule has 0 radical (unpaired) electrons. The topological polar surface area (TPSA) is 55.1 Å². The Hall–Kier alpha value is -2.29. The van der Waals surface area contributed by atoms with Crippen LogP contribution in [0.15, 0.2) is 42.5 Å². The third-order valence-electron chi connectivity index (χ3n) is 3.78. The molecule has 0 spiro atoms. The van der Waals surface area contributed by atoms with Gasteiger partial charge in [-0.15, -0.1) is 0 Å². The number of benzene rings is 2. The lowest BCUT2D eigenvalue weighted by atomic mass is 10.00. The lowest BCUT2D eigenvalue weighted by Crippen LogP contribution is -2.35. The third kappa shape index (κ3) is 4.62. The summed E-state index contributed by atoms with van der Waals surface area (Å²) in [6.07, 6.45) is 1.23. The van der Waals surface area contributed by atoms with Gasteiger partial charge in [-0.05, 0) is 56.0 Å². The molecule has 0 saturated carbocycles. The molecule has 1 amide bonds. The van der Waals surface area contributed by atoms with Crippen molar-refractivity contribution in [2.45, 2.75) is 39.7 Å². The Morgan fingerprint density at radius 1 is 1.14 bits per heavy atom. The molecule has 2 aromatic carbocycles. The zero-order valence-corrected chi connectivity index (χ0v) is 13.5. The Kier molecular flexibility index (Phi) is 5.21. The molecule has 3 heteroatoms. The molecule has 0 saturated heterocycles. The molecule has 0 fully saturated rings. The number of nitrogens with one attached hydrogen (secondary N) is 1. The predicted octanol–water partition coefficient (Wildman–Crippen LogP) is 3.18. The minimum Gasteiger partial charge on any atom is -0.399 e. The molecule has 0 aromatic heterocycles. The number of carbonyl (C=O) groups excluding carboxylic acids is 1. The van der Waals surface area contributed by atoms with E-state index >= 15 is 0 Å². The van der Waals surface area contributed by atoms with Crippen molar-refractivity contribution in [3.05, 3.63) is 64.7 Å². The fourth-order valence-electron chi connectivity index (χ4n) is 2.60. The third-order valence-corrected chi connectivity index (χ3v) is 3.78. The average Bonchev–Trinajstić information content (AvgIpc) is 2.44. The second-order valence-corrected chi connectivity index (χ2v) is 6.02. The van der Waals surface area contributed by atoms with E-state index in [-0.39, 0.29) is 11.9 Å². The molecule has 2 rings (SSSR count). The van der Waals surface area contributed by atoms with Gasteiger partial charge in [0.25, 0.3) is 0 Å². The molecular formula is C19H24N2O. The fraction of sp³-hybridized carbons (Fsp3) is 0.316. The summed E-state index contributed by atoms with van der Waals surface area (Å²) in [6.45, 7) is 6.25. The number of hydrogen-bond acceptors (Lipinski definition) is 2. The first-order valence-electron chi connectivity index (χ1n) is 7.64. The lowest BCUT2D eigenvalue weighted by molar-refractivity contribution is -0.121. The SMILES string of the molecule is Cc1ccc(CC(C)NC(=O)Cc2ccc(N)cc2)c(C)c1. The van der Waals surface area contributed by atoms with Crippen LogP contribution in [0, 0.1) is 13.8 Å². The smallest absolute Gasteiger partial charge is 0.224 e. The van der Waals surface area contributed by atoms with Gasteiger partial charge in [-0.1, -0.05) is 35.9 Å². The van der Waals surface area contributed by atoms with E-state index < -0.39 is 0 Å². The predicted molar refractivity (Wildman–Crippen MR) is 91.8 cm³/mol. The highest BCUT2D eigenvalue weighted by Crippen LogP contribution is 2.13. The number of aryl methyl sites for hydroxylation is 2. The second kappa shape index (κ2) is 7.12.